The van der Waals surface area contributed by atoms with Crippen molar-refractivity contribution in [2.45, 2.75) is 6.61 Å². The van der Waals surface area contributed by atoms with Gasteiger partial charge < -0.3 is 15.2 Å². The van der Waals surface area contributed by atoms with Gasteiger partial charge >= 0.3 is 5.97 Å². The van der Waals surface area contributed by atoms with Gasteiger partial charge in [0.1, 0.15) is 12.4 Å². The fraction of sp³-hybridized carbons (Fsp3) is 0.133. The van der Waals surface area contributed by atoms with E-state index in [0.717, 1.165) is 15.8 Å². The summed E-state index contributed by atoms with van der Waals surface area (Å²) in [6, 6.07) is 10.1. The summed E-state index contributed by atoms with van der Waals surface area (Å²) in [7, 11) is 1.59. The number of methoxy groups -OCH3 is 1. The molecule has 0 unspecified atom stereocenters. The molecule has 0 spiro atoms. The summed E-state index contributed by atoms with van der Waals surface area (Å²) in [5.41, 5.74) is 7.21. The Morgan fingerprint density at radius 1 is 1.29 bits per heavy atom. The second kappa shape index (κ2) is 6.83. The van der Waals surface area contributed by atoms with Crippen molar-refractivity contribution in [3.8, 4) is 5.75 Å². The highest BCUT2D eigenvalue weighted by Crippen LogP contribution is 2.26. The summed E-state index contributed by atoms with van der Waals surface area (Å²) in [4.78, 5) is 11.9. The zero-order valence-corrected chi connectivity index (χ0v) is 13.6. The summed E-state index contributed by atoms with van der Waals surface area (Å²) in [5, 5.41) is 0.408. The van der Waals surface area contributed by atoms with Crippen molar-refractivity contribution in [3.63, 3.8) is 0 Å². The van der Waals surface area contributed by atoms with Crippen LogP contribution in [0.3, 0.4) is 0 Å². The molecule has 0 bridgehead atoms. The molecule has 2 N–H and O–H groups in total. The quantitative estimate of drug-likeness (QED) is 0.651. The first kappa shape index (κ1) is 15.7. The number of carbonyl (C=O) groups is 1. The molecule has 0 radical (unpaired) electrons. The highest BCUT2D eigenvalue weighted by Gasteiger charge is 2.10. The Balaban J connectivity index is 2.03. The summed E-state index contributed by atoms with van der Waals surface area (Å²) in [6.07, 6.45) is 0. The van der Waals surface area contributed by atoms with E-state index in [0.29, 0.717) is 16.3 Å². The predicted molar refractivity (Wildman–Crippen MR) is 85.7 cm³/mol. The standard InChI is InChI=1S/C15H13BrClNO3/c1-20-14-5-2-9(6-11(14)16)8-21-15(19)10-3-4-12(17)13(18)7-10/h2-7H,8,18H2,1H3. The maximum absolute atomic E-state index is 11.9. The molecule has 110 valence electrons. The van der Waals surface area contributed by atoms with Gasteiger partial charge in [0.15, 0.2) is 0 Å². The van der Waals surface area contributed by atoms with Crippen molar-refractivity contribution < 1.29 is 14.3 Å². The normalized spacial score (nSPS) is 10.2. The van der Waals surface area contributed by atoms with Crippen LogP contribution in [-0.4, -0.2) is 13.1 Å². The number of nitrogens with two attached hydrogens (primary N) is 1. The Morgan fingerprint density at radius 2 is 2.05 bits per heavy atom. The SMILES string of the molecule is COc1ccc(COC(=O)c2ccc(Cl)c(N)c2)cc1Br. The number of hydrogen-bond donors (Lipinski definition) is 1. The molecule has 2 aromatic carbocycles. The van der Waals surface area contributed by atoms with Crippen molar-refractivity contribution in [1.29, 1.82) is 0 Å². The third-order valence-corrected chi connectivity index (χ3v) is 3.78. The lowest BCUT2D eigenvalue weighted by Gasteiger charge is -2.08. The smallest absolute Gasteiger partial charge is 0.338 e. The molecular formula is C15H13BrClNO3. The van der Waals surface area contributed by atoms with Crippen molar-refractivity contribution in [2.75, 3.05) is 12.8 Å². The average molecular weight is 371 g/mol. The van der Waals surface area contributed by atoms with Gasteiger partial charge in [-0.3, -0.25) is 0 Å². The zero-order valence-electron chi connectivity index (χ0n) is 11.2. The number of esters is 1. The summed E-state index contributed by atoms with van der Waals surface area (Å²) in [5.74, 6) is 0.265. The first-order valence-electron chi connectivity index (χ1n) is 6.06. The molecule has 2 rings (SSSR count). The van der Waals surface area contributed by atoms with Gasteiger partial charge in [0.05, 0.1) is 27.9 Å². The van der Waals surface area contributed by atoms with E-state index in [-0.39, 0.29) is 6.61 Å². The molecule has 0 aliphatic heterocycles. The molecule has 0 amide bonds. The molecular weight excluding hydrogens is 358 g/mol. The lowest BCUT2D eigenvalue weighted by molar-refractivity contribution is 0.0472. The van der Waals surface area contributed by atoms with Gasteiger partial charge in [-0.2, -0.15) is 0 Å². The van der Waals surface area contributed by atoms with Gasteiger partial charge in [-0.05, 0) is 51.8 Å². The fourth-order valence-corrected chi connectivity index (χ4v) is 2.41. The van der Waals surface area contributed by atoms with Crippen molar-refractivity contribution in [3.05, 3.63) is 57.0 Å². The monoisotopic (exact) mass is 369 g/mol. The molecule has 0 aliphatic rings. The number of halogens is 2. The fourth-order valence-electron chi connectivity index (χ4n) is 1.70. The summed E-state index contributed by atoms with van der Waals surface area (Å²) < 4.78 is 11.2. The molecule has 0 aliphatic carbocycles. The van der Waals surface area contributed by atoms with Gasteiger partial charge in [0.2, 0.25) is 0 Å². The van der Waals surface area contributed by atoms with Gasteiger partial charge in [0.25, 0.3) is 0 Å². The Kier molecular flexibility index (Phi) is 5.09. The predicted octanol–water partition coefficient (Wildman–Crippen LogP) is 4.05. The molecule has 0 heterocycles. The highest BCUT2D eigenvalue weighted by molar-refractivity contribution is 9.10. The lowest BCUT2D eigenvalue weighted by Crippen LogP contribution is -2.06. The maximum Gasteiger partial charge on any atom is 0.338 e. The van der Waals surface area contributed by atoms with Crippen LogP contribution in [0.2, 0.25) is 5.02 Å². The van der Waals surface area contributed by atoms with E-state index in [1.54, 1.807) is 25.3 Å². The van der Waals surface area contributed by atoms with Crippen LogP contribution < -0.4 is 10.5 Å². The molecule has 4 nitrogen and oxygen atoms in total. The molecule has 0 saturated heterocycles. The largest absolute Gasteiger partial charge is 0.496 e. The number of ether oxygens (including phenoxy) is 2. The maximum atomic E-state index is 11.9. The van der Waals surface area contributed by atoms with Gasteiger partial charge in [-0.15, -0.1) is 0 Å². The van der Waals surface area contributed by atoms with Gasteiger partial charge in [0, 0.05) is 0 Å². The van der Waals surface area contributed by atoms with Gasteiger partial charge in [-0.25, -0.2) is 4.79 Å². The number of hydrogen-bond acceptors (Lipinski definition) is 4. The minimum atomic E-state index is -0.453. The molecule has 0 aromatic heterocycles. The van der Waals surface area contributed by atoms with E-state index < -0.39 is 5.97 Å². The van der Waals surface area contributed by atoms with Crippen LogP contribution in [0.25, 0.3) is 0 Å². The Labute approximate surface area is 135 Å². The number of nitrogen functional groups attached to an aromatic ring is 1. The molecule has 2 aromatic rings. The number of benzene rings is 2. The second-order valence-corrected chi connectivity index (χ2v) is 5.54. The second-order valence-electron chi connectivity index (χ2n) is 4.28. The Bertz CT molecular complexity index is 676. The van der Waals surface area contributed by atoms with E-state index in [1.165, 1.54) is 6.07 Å². The van der Waals surface area contributed by atoms with Crippen LogP contribution in [0, 0.1) is 0 Å². The zero-order chi connectivity index (χ0) is 15.4. The summed E-state index contributed by atoms with van der Waals surface area (Å²) in [6.45, 7) is 0.157. The highest BCUT2D eigenvalue weighted by atomic mass is 79.9. The number of rotatable bonds is 4. The van der Waals surface area contributed by atoms with Crippen LogP contribution in [0.15, 0.2) is 40.9 Å². The molecule has 21 heavy (non-hydrogen) atoms. The van der Waals surface area contributed by atoms with Crippen LogP contribution in [-0.2, 0) is 11.3 Å². The first-order valence-corrected chi connectivity index (χ1v) is 7.23. The topological polar surface area (TPSA) is 61.5 Å². The minimum Gasteiger partial charge on any atom is -0.496 e. The third kappa shape index (κ3) is 3.89. The van der Waals surface area contributed by atoms with Crippen molar-refractivity contribution in [1.82, 2.24) is 0 Å². The van der Waals surface area contributed by atoms with Crippen LogP contribution in [0.1, 0.15) is 15.9 Å². The number of anilines is 1. The van der Waals surface area contributed by atoms with Crippen molar-refractivity contribution in [2.24, 2.45) is 0 Å². The van der Waals surface area contributed by atoms with Crippen LogP contribution in [0.5, 0.6) is 5.75 Å². The summed E-state index contributed by atoms with van der Waals surface area (Å²) >= 11 is 9.19. The van der Waals surface area contributed by atoms with Crippen molar-refractivity contribution >= 4 is 39.2 Å². The molecule has 6 heteroatoms. The van der Waals surface area contributed by atoms with Crippen LogP contribution >= 0.6 is 27.5 Å². The molecule has 0 fully saturated rings. The van der Waals surface area contributed by atoms with Crippen LogP contribution in [0.4, 0.5) is 5.69 Å². The van der Waals surface area contributed by atoms with Gasteiger partial charge in [-0.1, -0.05) is 17.7 Å². The Morgan fingerprint density at radius 3 is 2.67 bits per heavy atom. The number of carbonyl (C=O) groups excluding carboxylic acids is 1. The first-order chi connectivity index (χ1) is 10.0. The third-order valence-electron chi connectivity index (χ3n) is 2.82. The molecule has 0 saturated carbocycles. The minimum absolute atomic E-state index is 0.157. The Hall–Kier alpha value is -1.72. The van der Waals surface area contributed by atoms with E-state index in [1.807, 2.05) is 12.1 Å². The lowest BCUT2D eigenvalue weighted by atomic mass is 10.2. The van der Waals surface area contributed by atoms with E-state index >= 15 is 0 Å². The van der Waals surface area contributed by atoms with E-state index in [2.05, 4.69) is 15.9 Å². The molecule has 0 atom stereocenters. The van der Waals surface area contributed by atoms with E-state index in [9.17, 15) is 4.79 Å². The van der Waals surface area contributed by atoms with E-state index in [4.69, 9.17) is 26.8 Å². The average Bonchev–Trinajstić information content (AvgIpc) is 2.47.